The molecule has 0 spiro atoms. The third-order valence-corrected chi connectivity index (χ3v) is 2.83. The van der Waals surface area contributed by atoms with Gasteiger partial charge in [0.05, 0.1) is 11.3 Å². The van der Waals surface area contributed by atoms with E-state index in [0.717, 1.165) is 0 Å². The highest BCUT2D eigenvalue weighted by Gasteiger charge is 2.32. The van der Waals surface area contributed by atoms with Crippen molar-refractivity contribution < 1.29 is 13.5 Å². The number of ether oxygens (including phenoxy) is 1. The van der Waals surface area contributed by atoms with Gasteiger partial charge in [-0.3, -0.25) is 4.98 Å². The van der Waals surface area contributed by atoms with E-state index in [0.29, 0.717) is 5.69 Å². The van der Waals surface area contributed by atoms with Crippen molar-refractivity contribution >= 4 is 0 Å². The zero-order chi connectivity index (χ0) is 17.7. The molecular weight excluding hydrogens is 296 g/mol. The second kappa shape index (κ2) is 11.4. The number of para-hydroxylation sites is 1. The summed E-state index contributed by atoms with van der Waals surface area (Å²) in [5.74, 6) is -2.67. The van der Waals surface area contributed by atoms with Crippen LogP contribution in [-0.4, -0.2) is 4.98 Å². The van der Waals surface area contributed by atoms with Crippen LogP contribution >= 0.6 is 0 Å². The summed E-state index contributed by atoms with van der Waals surface area (Å²) in [4.78, 5) is 4.09. The molecular formula is C19H25F2NO. The molecule has 1 aromatic carbocycles. The molecule has 2 nitrogen and oxygen atoms in total. The minimum Gasteiger partial charge on any atom is -0.487 e. The number of hydrogen-bond acceptors (Lipinski definition) is 2. The normalized spacial score (nSPS) is 9.78. The molecule has 2 aromatic rings. The van der Waals surface area contributed by atoms with Crippen molar-refractivity contribution in [1.29, 1.82) is 0 Å². The molecule has 23 heavy (non-hydrogen) atoms. The Morgan fingerprint density at radius 3 is 2.22 bits per heavy atom. The molecule has 4 heteroatoms. The van der Waals surface area contributed by atoms with Crippen molar-refractivity contribution in [1.82, 2.24) is 4.98 Å². The first-order valence-corrected chi connectivity index (χ1v) is 7.63. The Bertz CT molecular complexity index is 544. The Labute approximate surface area is 137 Å². The highest BCUT2D eigenvalue weighted by Crippen LogP contribution is 2.37. The zero-order valence-electron chi connectivity index (χ0n) is 14.1. The summed E-state index contributed by atoms with van der Waals surface area (Å²) >= 11 is 0. The number of aromatic nitrogens is 1. The van der Waals surface area contributed by atoms with E-state index in [-0.39, 0.29) is 24.3 Å². The second-order valence-electron chi connectivity index (χ2n) is 4.16. The fourth-order valence-electron chi connectivity index (χ4n) is 1.72. The SMILES string of the molecule is C=C.CC.CCC(F)(F)c1ccccc1OCc1ccccn1. The van der Waals surface area contributed by atoms with Crippen LogP contribution < -0.4 is 4.74 Å². The predicted octanol–water partition coefficient (Wildman–Crippen LogP) is 5.99. The van der Waals surface area contributed by atoms with Gasteiger partial charge in [-0.1, -0.05) is 39.0 Å². The Morgan fingerprint density at radius 2 is 1.65 bits per heavy atom. The Balaban J connectivity index is 0.00000112. The summed E-state index contributed by atoms with van der Waals surface area (Å²) in [5, 5.41) is 0. The summed E-state index contributed by atoms with van der Waals surface area (Å²) in [6.07, 6.45) is 1.39. The lowest BCUT2D eigenvalue weighted by molar-refractivity contribution is -0.0111. The average Bonchev–Trinajstić information content (AvgIpc) is 2.64. The Hall–Kier alpha value is -2.23. The van der Waals surface area contributed by atoms with Crippen molar-refractivity contribution in [3.8, 4) is 5.75 Å². The van der Waals surface area contributed by atoms with Gasteiger partial charge in [0, 0.05) is 12.6 Å². The van der Waals surface area contributed by atoms with Gasteiger partial charge in [-0.25, -0.2) is 8.78 Å². The predicted molar refractivity (Wildman–Crippen MR) is 91.8 cm³/mol. The minimum absolute atomic E-state index is 0.0755. The van der Waals surface area contributed by atoms with Crippen LogP contribution in [0.5, 0.6) is 5.75 Å². The summed E-state index contributed by atoms with van der Waals surface area (Å²) in [6.45, 7) is 11.6. The lowest BCUT2D eigenvalue weighted by Crippen LogP contribution is -2.13. The van der Waals surface area contributed by atoms with Crippen LogP contribution in [0.1, 0.15) is 38.4 Å². The summed E-state index contributed by atoms with van der Waals surface area (Å²) in [7, 11) is 0. The molecule has 1 heterocycles. The van der Waals surface area contributed by atoms with E-state index in [1.807, 2.05) is 19.9 Å². The highest BCUT2D eigenvalue weighted by molar-refractivity contribution is 5.36. The molecule has 0 aliphatic rings. The molecule has 126 valence electrons. The maximum absolute atomic E-state index is 13.8. The maximum Gasteiger partial charge on any atom is 0.276 e. The lowest BCUT2D eigenvalue weighted by Gasteiger charge is -2.18. The number of hydrogen-bond donors (Lipinski definition) is 0. The van der Waals surface area contributed by atoms with Crippen LogP contribution in [0.25, 0.3) is 0 Å². The first kappa shape index (κ1) is 20.8. The van der Waals surface area contributed by atoms with E-state index in [4.69, 9.17) is 4.74 Å². The molecule has 0 atom stereocenters. The molecule has 0 N–H and O–H groups in total. The van der Waals surface area contributed by atoms with Gasteiger partial charge in [0.2, 0.25) is 0 Å². The van der Waals surface area contributed by atoms with E-state index >= 15 is 0 Å². The second-order valence-corrected chi connectivity index (χ2v) is 4.16. The third kappa shape index (κ3) is 6.59. The van der Waals surface area contributed by atoms with Gasteiger partial charge < -0.3 is 4.74 Å². The van der Waals surface area contributed by atoms with Crippen LogP contribution in [0.15, 0.2) is 61.8 Å². The monoisotopic (exact) mass is 321 g/mol. The molecule has 0 saturated heterocycles. The third-order valence-electron chi connectivity index (χ3n) is 2.83. The topological polar surface area (TPSA) is 22.1 Å². The van der Waals surface area contributed by atoms with Crippen molar-refractivity contribution in [2.45, 2.75) is 39.7 Å². The molecule has 0 radical (unpaired) electrons. The molecule has 0 fully saturated rings. The zero-order valence-corrected chi connectivity index (χ0v) is 14.1. The smallest absolute Gasteiger partial charge is 0.276 e. The molecule has 1 aromatic heterocycles. The van der Waals surface area contributed by atoms with Crippen LogP contribution in [0.3, 0.4) is 0 Å². The van der Waals surface area contributed by atoms with Gasteiger partial charge in [-0.2, -0.15) is 0 Å². The largest absolute Gasteiger partial charge is 0.487 e. The maximum atomic E-state index is 13.8. The molecule has 0 aliphatic heterocycles. The number of nitrogens with zero attached hydrogens (tertiary/aromatic N) is 1. The fourth-order valence-corrected chi connectivity index (χ4v) is 1.72. The Morgan fingerprint density at radius 1 is 1.04 bits per heavy atom. The first-order valence-electron chi connectivity index (χ1n) is 7.63. The quantitative estimate of drug-likeness (QED) is 0.631. The van der Waals surface area contributed by atoms with E-state index in [2.05, 4.69) is 18.1 Å². The minimum atomic E-state index is -2.87. The van der Waals surface area contributed by atoms with Crippen LogP contribution in [0.2, 0.25) is 0 Å². The van der Waals surface area contributed by atoms with E-state index in [1.165, 1.54) is 13.0 Å². The number of alkyl halides is 2. The van der Waals surface area contributed by atoms with E-state index < -0.39 is 5.92 Å². The van der Waals surface area contributed by atoms with Crippen molar-refractivity contribution in [2.24, 2.45) is 0 Å². The van der Waals surface area contributed by atoms with Crippen LogP contribution in [0, 0.1) is 0 Å². The molecule has 0 aliphatic carbocycles. The number of rotatable bonds is 5. The van der Waals surface area contributed by atoms with Crippen molar-refractivity contribution in [3.05, 3.63) is 73.1 Å². The standard InChI is InChI=1S/C15H15F2NO.C2H6.C2H4/c1-2-15(16,17)13-8-3-4-9-14(13)19-11-12-7-5-6-10-18-12;2*1-2/h3-10H,2,11H2,1H3;1-2H3;1-2H2. The van der Waals surface area contributed by atoms with Gasteiger partial charge in [0.15, 0.2) is 0 Å². The van der Waals surface area contributed by atoms with E-state index in [9.17, 15) is 8.78 Å². The molecule has 0 unspecified atom stereocenters. The highest BCUT2D eigenvalue weighted by atomic mass is 19.3. The lowest BCUT2D eigenvalue weighted by atomic mass is 10.1. The molecule has 0 amide bonds. The number of benzene rings is 1. The van der Waals surface area contributed by atoms with Crippen LogP contribution in [-0.2, 0) is 12.5 Å². The molecule has 0 saturated carbocycles. The summed E-state index contributed by atoms with van der Waals surface area (Å²) in [5.41, 5.74) is 0.630. The first-order chi connectivity index (χ1) is 11.1. The number of halogens is 2. The van der Waals surface area contributed by atoms with Gasteiger partial charge >= 0.3 is 0 Å². The van der Waals surface area contributed by atoms with Gasteiger partial charge in [-0.05, 0) is 24.3 Å². The van der Waals surface area contributed by atoms with Crippen LogP contribution in [0.4, 0.5) is 8.78 Å². The molecule has 2 rings (SSSR count). The van der Waals surface area contributed by atoms with Crippen molar-refractivity contribution in [2.75, 3.05) is 0 Å². The van der Waals surface area contributed by atoms with Gasteiger partial charge in [0.25, 0.3) is 5.92 Å². The number of pyridine rings is 1. The Kier molecular flexibility index (Phi) is 10.3. The average molecular weight is 321 g/mol. The molecule has 0 bridgehead atoms. The summed E-state index contributed by atoms with van der Waals surface area (Å²) in [6, 6.07) is 11.6. The fraction of sp³-hybridized carbons (Fsp3) is 0.316. The van der Waals surface area contributed by atoms with Crippen molar-refractivity contribution in [3.63, 3.8) is 0 Å². The summed E-state index contributed by atoms with van der Waals surface area (Å²) < 4.78 is 33.0. The van der Waals surface area contributed by atoms with Gasteiger partial charge in [0.1, 0.15) is 12.4 Å². The van der Waals surface area contributed by atoms with E-state index in [1.54, 1.807) is 36.5 Å². The van der Waals surface area contributed by atoms with Gasteiger partial charge in [-0.15, -0.1) is 13.2 Å².